The molecule has 0 aliphatic carbocycles. The third kappa shape index (κ3) is 13.2. The average Bonchev–Trinajstić information content (AvgIpc) is 2.33. The number of ether oxygens (including phenoxy) is 2. The van der Waals surface area contributed by atoms with Gasteiger partial charge in [-0.25, -0.2) is 0 Å². The first-order valence-electron chi connectivity index (χ1n) is 6.27. The molecule has 0 fully saturated rings. The van der Waals surface area contributed by atoms with E-state index in [9.17, 15) is 4.79 Å². The largest absolute Gasteiger partial charge is 0.396 e. The molecule has 0 aliphatic heterocycles. The van der Waals surface area contributed by atoms with Crippen LogP contribution in [0.1, 0.15) is 32.6 Å². The van der Waals surface area contributed by atoms with Crippen molar-refractivity contribution in [2.24, 2.45) is 0 Å². The summed E-state index contributed by atoms with van der Waals surface area (Å²) in [6.07, 6.45) is 6.10. The Morgan fingerprint density at radius 1 is 1.18 bits per heavy atom. The van der Waals surface area contributed by atoms with E-state index < -0.39 is 0 Å². The van der Waals surface area contributed by atoms with Gasteiger partial charge in [0.05, 0.1) is 13.2 Å². The molecule has 1 N–H and O–H groups in total. The Morgan fingerprint density at radius 2 is 1.94 bits per heavy atom. The topological polar surface area (TPSA) is 55.8 Å². The quantitative estimate of drug-likeness (QED) is 0.419. The molecule has 0 bridgehead atoms. The molecule has 0 aromatic heterocycles. The van der Waals surface area contributed by atoms with Crippen molar-refractivity contribution in [3.05, 3.63) is 12.2 Å². The number of allylic oxidation sites excluding steroid dienone is 1. The first kappa shape index (κ1) is 16.3. The van der Waals surface area contributed by atoms with Gasteiger partial charge in [0.25, 0.3) is 0 Å². The highest BCUT2D eigenvalue weighted by Gasteiger charge is 1.96. The van der Waals surface area contributed by atoms with E-state index in [4.69, 9.17) is 14.6 Å². The molecule has 17 heavy (non-hydrogen) atoms. The molecule has 4 heteroatoms. The van der Waals surface area contributed by atoms with Crippen LogP contribution in [0.3, 0.4) is 0 Å². The van der Waals surface area contributed by atoms with Crippen LogP contribution in [0.5, 0.6) is 0 Å². The Bertz CT molecular complexity index is 202. The second-order valence-electron chi connectivity index (χ2n) is 3.65. The Hall–Kier alpha value is -0.710. The molecule has 0 aromatic rings. The Morgan fingerprint density at radius 3 is 2.65 bits per heavy atom. The lowest BCUT2D eigenvalue weighted by atomic mass is 10.1. The van der Waals surface area contributed by atoms with Crippen LogP contribution < -0.4 is 0 Å². The zero-order valence-electron chi connectivity index (χ0n) is 10.7. The van der Waals surface area contributed by atoms with Crippen molar-refractivity contribution in [2.45, 2.75) is 32.6 Å². The molecule has 0 aromatic carbocycles. The first-order valence-corrected chi connectivity index (χ1v) is 6.27. The maximum absolute atomic E-state index is 11.3. The number of hydrogen-bond acceptors (Lipinski definition) is 4. The summed E-state index contributed by atoms with van der Waals surface area (Å²) < 4.78 is 10.5. The molecule has 0 saturated heterocycles. The Kier molecular flexibility index (Phi) is 12.8. The predicted molar refractivity (Wildman–Crippen MR) is 67.0 cm³/mol. The van der Waals surface area contributed by atoms with Gasteiger partial charge in [0.15, 0.2) is 5.78 Å². The van der Waals surface area contributed by atoms with Gasteiger partial charge in [0.1, 0.15) is 0 Å². The third-order valence-corrected chi connectivity index (χ3v) is 2.14. The highest BCUT2D eigenvalue weighted by Crippen LogP contribution is 1.98. The summed E-state index contributed by atoms with van der Waals surface area (Å²) in [5.41, 5.74) is 0. The molecule has 4 nitrogen and oxygen atoms in total. The van der Waals surface area contributed by atoms with Crippen molar-refractivity contribution in [1.82, 2.24) is 0 Å². The van der Waals surface area contributed by atoms with E-state index >= 15 is 0 Å². The highest BCUT2D eigenvalue weighted by molar-refractivity contribution is 5.89. The second-order valence-corrected chi connectivity index (χ2v) is 3.65. The summed E-state index contributed by atoms with van der Waals surface area (Å²) in [5, 5.41) is 8.52. The molecule has 0 rings (SSSR count). The molecule has 0 heterocycles. The fourth-order valence-electron chi connectivity index (χ4n) is 1.24. The molecule has 100 valence electrons. The molecule has 0 atom stereocenters. The van der Waals surface area contributed by atoms with E-state index in [0.717, 1.165) is 19.4 Å². The van der Waals surface area contributed by atoms with E-state index in [1.165, 1.54) is 0 Å². The number of carbonyl (C=O) groups is 1. The number of aliphatic hydroxyl groups excluding tert-OH is 1. The van der Waals surface area contributed by atoms with Gasteiger partial charge in [-0.1, -0.05) is 6.08 Å². The summed E-state index contributed by atoms with van der Waals surface area (Å²) in [4.78, 5) is 11.3. The van der Waals surface area contributed by atoms with Crippen LogP contribution in [0.15, 0.2) is 12.2 Å². The van der Waals surface area contributed by atoms with Crippen molar-refractivity contribution < 1.29 is 19.4 Å². The summed E-state index contributed by atoms with van der Waals surface area (Å²) in [6, 6.07) is 0. The molecule has 0 aliphatic rings. The molecule has 0 spiro atoms. The number of hydrogen-bond donors (Lipinski definition) is 1. The zero-order valence-corrected chi connectivity index (χ0v) is 10.7. The van der Waals surface area contributed by atoms with Gasteiger partial charge < -0.3 is 14.6 Å². The van der Waals surface area contributed by atoms with E-state index in [0.29, 0.717) is 32.7 Å². The fraction of sp³-hybridized carbons (Fsp3) is 0.769. The van der Waals surface area contributed by atoms with Gasteiger partial charge >= 0.3 is 0 Å². The number of carbonyl (C=O) groups excluding carboxylic acids is 1. The van der Waals surface area contributed by atoms with Gasteiger partial charge in [0.2, 0.25) is 0 Å². The minimum atomic E-state index is 0.0947. The summed E-state index contributed by atoms with van der Waals surface area (Å²) in [7, 11) is 0. The van der Waals surface area contributed by atoms with Crippen molar-refractivity contribution >= 4 is 5.78 Å². The van der Waals surface area contributed by atoms with Crippen LogP contribution in [0, 0.1) is 0 Å². The molecular formula is C13H24O4. The summed E-state index contributed by atoms with van der Waals surface area (Å²) in [5.74, 6) is 0.118. The monoisotopic (exact) mass is 244 g/mol. The molecule has 0 unspecified atom stereocenters. The highest BCUT2D eigenvalue weighted by atomic mass is 16.5. The Balaban J connectivity index is 3.19. The SMILES string of the molecule is CCOCCOCCCCC(=O)/C=C/CCO. The van der Waals surface area contributed by atoms with E-state index in [1.54, 1.807) is 12.2 Å². The molecular weight excluding hydrogens is 220 g/mol. The zero-order chi connectivity index (χ0) is 12.8. The average molecular weight is 244 g/mol. The first-order chi connectivity index (χ1) is 8.31. The van der Waals surface area contributed by atoms with E-state index in [-0.39, 0.29) is 12.4 Å². The standard InChI is InChI=1S/C13H24O4/c1-2-16-11-12-17-10-6-4-8-13(15)7-3-5-9-14/h3,7,14H,2,4-6,8-12H2,1H3/b7-3+. The number of unbranched alkanes of at least 4 members (excludes halogenated alkanes) is 1. The van der Waals surface area contributed by atoms with E-state index in [1.807, 2.05) is 6.92 Å². The van der Waals surface area contributed by atoms with Gasteiger partial charge in [-0.05, 0) is 32.3 Å². The van der Waals surface area contributed by atoms with E-state index in [2.05, 4.69) is 0 Å². The summed E-state index contributed by atoms with van der Waals surface area (Å²) >= 11 is 0. The van der Waals surface area contributed by atoms with Crippen LogP contribution in [0.4, 0.5) is 0 Å². The van der Waals surface area contributed by atoms with Gasteiger partial charge in [-0.15, -0.1) is 0 Å². The maximum atomic E-state index is 11.3. The lowest BCUT2D eigenvalue weighted by Crippen LogP contribution is -2.05. The van der Waals surface area contributed by atoms with Crippen LogP contribution >= 0.6 is 0 Å². The smallest absolute Gasteiger partial charge is 0.155 e. The predicted octanol–water partition coefficient (Wildman–Crippen LogP) is 1.72. The second kappa shape index (κ2) is 13.4. The van der Waals surface area contributed by atoms with Crippen LogP contribution in [-0.4, -0.2) is 43.9 Å². The lowest BCUT2D eigenvalue weighted by molar-refractivity contribution is -0.114. The number of ketones is 1. The van der Waals surface area contributed by atoms with Crippen molar-refractivity contribution in [1.29, 1.82) is 0 Å². The maximum Gasteiger partial charge on any atom is 0.155 e. The minimum absolute atomic E-state index is 0.0947. The molecule has 0 saturated carbocycles. The molecule has 0 amide bonds. The Labute approximate surface area is 104 Å². The lowest BCUT2D eigenvalue weighted by Gasteiger charge is -2.03. The summed E-state index contributed by atoms with van der Waals surface area (Å²) in [6.45, 7) is 4.71. The van der Waals surface area contributed by atoms with Crippen LogP contribution in [0.25, 0.3) is 0 Å². The van der Waals surface area contributed by atoms with Crippen molar-refractivity contribution in [2.75, 3.05) is 33.0 Å². The fourth-order valence-corrected chi connectivity index (χ4v) is 1.24. The van der Waals surface area contributed by atoms with Gasteiger partial charge in [-0.2, -0.15) is 0 Å². The number of rotatable bonds is 12. The molecule has 0 radical (unpaired) electrons. The van der Waals surface area contributed by atoms with Crippen LogP contribution in [0.2, 0.25) is 0 Å². The van der Waals surface area contributed by atoms with Gasteiger partial charge in [-0.3, -0.25) is 4.79 Å². The number of aliphatic hydroxyl groups is 1. The van der Waals surface area contributed by atoms with Gasteiger partial charge in [0, 0.05) is 26.2 Å². The third-order valence-electron chi connectivity index (χ3n) is 2.14. The van der Waals surface area contributed by atoms with Crippen LogP contribution in [-0.2, 0) is 14.3 Å². The minimum Gasteiger partial charge on any atom is -0.396 e. The van der Waals surface area contributed by atoms with Crippen molar-refractivity contribution in [3.63, 3.8) is 0 Å². The normalized spacial score (nSPS) is 11.2. The van der Waals surface area contributed by atoms with Crippen molar-refractivity contribution in [3.8, 4) is 0 Å².